The zero-order valence-corrected chi connectivity index (χ0v) is 22.0. The lowest BCUT2D eigenvalue weighted by molar-refractivity contribution is 0.227. The van der Waals surface area contributed by atoms with E-state index in [2.05, 4.69) is 43.2 Å². The van der Waals surface area contributed by atoms with E-state index in [9.17, 15) is 4.39 Å². The minimum atomic E-state index is -0.447. The molecule has 3 aromatic rings. The summed E-state index contributed by atoms with van der Waals surface area (Å²) >= 11 is 9.37. The number of ether oxygens (including phenoxy) is 2. The van der Waals surface area contributed by atoms with E-state index in [0.717, 1.165) is 11.8 Å². The van der Waals surface area contributed by atoms with Crippen LogP contribution in [0.15, 0.2) is 35.1 Å². The van der Waals surface area contributed by atoms with E-state index in [1.807, 2.05) is 12.1 Å². The van der Waals surface area contributed by atoms with Crippen LogP contribution in [-0.4, -0.2) is 48.7 Å². The quantitative estimate of drug-likeness (QED) is 0.349. The fourth-order valence-corrected chi connectivity index (χ4v) is 5.66. The van der Waals surface area contributed by atoms with Gasteiger partial charge in [-0.25, -0.2) is 14.4 Å². The standard InChI is InChI=1S/C24H25BrClFN4O2.ClH/c1-31-9-14-3-13(4-15(14)10-31)11-33-23-8-20-16(5-22(23)32-2)24(29-12-28-20)30-21-7-18(26)17(25)6-19(21)27;/h5-8,12-15H,3-4,9-11H2,1-2H3,(H,28,29,30);1H/t13-,14+,15-;. The third-order valence-electron chi connectivity index (χ3n) is 6.69. The van der Waals surface area contributed by atoms with Crippen LogP contribution in [0.4, 0.5) is 15.9 Å². The molecule has 1 N–H and O–H groups in total. The lowest BCUT2D eigenvalue weighted by Crippen LogP contribution is -2.18. The Morgan fingerprint density at radius 3 is 2.59 bits per heavy atom. The second-order valence-electron chi connectivity index (χ2n) is 9.00. The SMILES string of the molecule is COc1cc2c(Nc3cc(Cl)c(Br)cc3F)ncnc2cc1OC[C@H]1C[C@@H]2CN(C)C[C@@H]2C1.Cl. The van der Waals surface area contributed by atoms with E-state index < -0.39 is 5.82 Å². The minimum Gasteiger partial charge on any atom is -0.493 e. The number of nitrogens with one attached hydrogen (secondary N) is 1. The van der Waals surface area contributed by atoms with Crippen LogP contribution in [0.25, 0.3) is 10.9 Å². The van der Waals surface area contributed by atoms with Crippen LogP contribution < -0.4 is 14.8 Å². The summed E-state index contributed by atoms with van der Waals surface area (Å²) in [6.07, 6.45) is 3.86. The van der Waals surface area contributed by atoms with Gasteiger partial charge in [0.25, 0.3) is 0 Å². The predicted molar refractivity (Wildman–Crippen MR) is 138 cm³/mol. The van der Waals surface area contributed by atoms with Crippen molar-refractivity contribution in [3.05, 3.63) is 45.9 Å². The third-order valence-corrected chi connectivity index (χ3v) is 7.89. The van der Waals surface area contributed by atoms with Crippen LogP contribution >= 0.6 is 39.9 Å². The summed E-state index contributed by atoms with van der Waals surface area (Å²) in [5.41, 5.74) is 0.900. The summed E-state index contributed by atoms with van der Waals surface area (Å²) in [5, 5.41) is 4.11. The van der Waals surface area contributed by atoms with E-state index in [1.54, 1.807) is 7.11 Å². The molecule has 34 heavy (non-hydrogen) atoms. The van der Waals surface area contributed by atoms with E-state index >= 15 is 0 Å². The van der Waals surface area contributed by atoms with Crippen LogP contribution in [0, 0.1) is 23.6 Å². The maximum Gasteiger partial charge on any atom is 0.163 e. The molecule has 1 saturated heterocycles. The van der Waals surface area contributed by atoms with Gasteiger partial charge in [-0.1, -0.05) is 11.6 Å². The Morgan fingerprint density at radius 2 is 1.88 bits per heavy atom. The van der Waals surface area contributed by atoms with Gasteiger partial charge in [-0.3, -0.25) is 0 Å². The Balaban J connectivity index is 0.00000274. The number of rotatable bonds is 6. The van der Waals surface area contributed by atoms with Crippen molar-refractivity contribution < 1.29 is 13.9 Å². The first kappa shape index (κ1) is 25.2. The van der Waals surface area contributed by atoms with E-state index in [1.165, 1.54) is 44.4 Å². The summed E-state index contributed by atoms with van der Waals surface area (Å²) in [7, 11) is 3.81. The number of fused-ring (bicyclic) bond motifs is 2. The second-order valence-corrected chi connectivity index (χ2v) is 10.3. The van der Waals surface area contributed by atoms with Crippen molar-refractivity contribution in [2.75, 3.05) is 39.2 Å². The number of aromatic nitrogens is 2. The number of halogens is 4. The average molecular weight is 572 g/mol. The van der Waals surface area contributed by atoms with Gasteiger partial charge in [0.05, 0.1) is 29.9 Å². The first-order valence-corrected chi connectivity index (χ1v) is 12.1. The molecule has 6 nitrogen and oxygen atoms in total. The molecule has 0 amide bonds. The molecule has 0 bridgehead atoms. The summed E-state index contributed by atoms with van der Waals surface area (Å²) in [6, 6.07) is 6.51. The van der Waals surface area contributed by atoms with Gasteiger partial charge in [-0.2, -0.15) is 0 Å². The van der Waals surface area contributed by atoms with Crippen molar-refractivity contribution in [3.8, 4) is 11.5 Å². The Labute approximate surface area is 217 Å². The Kier molecular flexibility index (Phi) is 7.72. The molecule has 2 fully saturated rings. The summed E-state index contributed by atoms with van der Waals surface area (Å²) in [6.45, 7) is 3.05. The fraction of sp³-hybridized carbons (Fsp3) is 0.417. The molecule has 1 saturated carbocycles. The minimum absolute atomic E-state index is 0. The largest absolute Gasteiger partial charge is 0.493 e. The Hall–Kier alpha value is -1.87. The Bertz CT molecular complexity index is 1190. The van der Waals surface area contributed by atoms with Gasteiger partial charge in [0.1, 0.15) is 18.0 Å². The van der Waals surface area contributed by atoms with Gasteiger partial charge in [-0.05, 0) is 71.8 Å². The number of methoxy groups -OCH3 is 1. The highest BCUT2D eigenvalue weighted by atomic mass is 79.9. The summed E-state index contributed by atoms with van der Waals surface area (Å²) in [5.74, 6) is 3.38. The lowest BCUT2D eigenvalue weighted by Gasteiger charge is -2.17. The van der Waals surface area contributed by atoms with Crippen LogP contribution in [-0.2, 0) is 0 Å². The fourth-order valence-electron chi connectivity index (χ4n) is 5.19. The normalized spacial score (nSPS) is 21.9. The predicted octanol–water partition coefficient (Wildman–Crippen LogP) is 6.33. The van der Waals surface area contributed by atoms with Crippen molar-refractivity contribution in [1.82, 2.24) is 14.9 Å². The highest BCUT2D eigenvalue weighted by Crippen LogP contribution is 2.42. The first-order chi connectivity index (χ1) is 15.9. The molecule has 3 atom stereocenters. The second kappa shape index (κ2) is 10.4. The third kappa shape index (κ3) is 5.05. The molecule has 2 aliphatic rings. The first-order valence-electron chi connectivity index (χ1n) is 11.0. The van der Waals surface area contributed by atoms with Gasteiger partial charge >= 0.3 is 0 Å². The van der Waals surface area contributed by atoms with Crippen LogP contribution in [0.5, 0.6) is 11.5 Å². The number of benzene rings is 2. The lowest BCUT2D eigenvalue weighted by atomic mass is 10.0. The maximum atomic E-state index is 14.4. The molecule has 2 aromatic carbocycles. The molecule has 182 valence electrons. The van der Waals surface area contributed by atoms with Crippen LogP contribution in [0.2, 0.25) is 5.02 Å². The van der Waals surface area contributed by atoms with Gasteiger partial charge in [0, 0.05) is 29.0 Å². The average Bonchev–Trinajstić information content (AvgIpc) is 3.32. The molecule has 10 heteroatoms. The topological polar surface area (TPSA) is 59.5 Å². The van der Waals surface area contributed by atoms with Crippen LogP contribution in [0.3, 0.4) is 0 Å². The van der Waals surface area contributed by atoms with E-state index in [0.29, 0.717) is 50.2 Å². The molecule has 0 radical (unpaired) electrons. The number of likely N-dealkylation sites (tertiary alicyclic amines) is 1. The number of hydrogen-bond acceptors (Lipinski definition) is 6. The van der Waals surface area contributed by atoms with E-state index in [4.69, 9.17) is 21.1 Å². The zero-order chi connectivity index (χ0) is 23.1. The maximum absolute atomic E-state index is 14.4. The van der Waals surface area contributed by atoms with Gasteiger partial charge in [0.2, 0.25) is 0 Å². The highest BCUT2D eigenvalue weighted by molar-refractivity contribution is 9.10. The summed E-state index contributed by atoms with van der Waals surface area (Å²) < 4.78 is 26.7. The molecule has 5 rings (SSSR count). The van der Waals surface area contributed by atoms with Crippen molar-refractivity contribution in [1.29, 1.82) is 0 Å². The molecule has 1 aliphatic carbocycles. The molecular formula is C24H26BrCl2FN4O2. The molecule has 0 unspecified atom stereocenters. The van der Waals surface area contributed by atoms with Crippen molar-refractivity contribution in [2.24, 2.45) is 17.8 Å². The molecule has 0 spiro atoms. The number of anilines is 2. The zero-order valence-electron chi connectivity index (χ0n) is 18.9. The monoisotopic (exact) mass is 570 g/mol. The summed E-state index contributed by atoms with van der Waals surface area (Å²) in [4.78, 5) is 11.1. The number of nitrogens with zero attached hydrogens (tertiary/aromatic N) is 3. The van der Waals surface area contributed by atoms with Crippen molar-refractivity contribution in [3.63, 3.8) is 0 Å². The smallest absolute Gasteiger partial charge is 0.163 e. The molecule has 1 aliphatic heterocycles. The van der Waals surface area contributed by atoms with Crippen molar-refractivity contribution in [2.45, 2.75) is 12.8 Å². The van der Waals surface area contributed by atoms with Crippen LogP contribution in [0.1, 0.15) is 12.8 Å². The Morgan fingerprint density at radius 1 is 1.15 bits per heavy atom. The van der Waals surface area contributed by atoms with Gasteiger partial charge in [0.15, 0.2) is 11.5 Å². The molecule has 1 aromatic heterocycles. The molecular weight excluding hydrogens is 546 g/mol. The number of hydrogen-bond donors (Lipinski definition) is 1. The highest BCUT2D eigenvalue weighted by Gasteiger charge is 2.39. The molecule has 2 heterocycles. The van der Waals surface area contributed by atoms with Gasteiger partial charge in [-0.15, -0.1) is 12.4 Å². The van der Waals surface area contributed by atoms with E-state index in [-0.39, 0.29) is 18.1 Å². The van der Waals surface area contributed by atoms with Gasteiger partial charge < -0.3 is 19.7 Å². The van der Waals surface area contributed by atoms with Crippen molar-refractivity contribution >= 4 is 62.3 Å².